The fraction of sp³-hybridized carbons (Fsp3) is 1.00. The van der Waals surface area contributed by atoms with Crippen molar-refractivity contribution in [3.63, 3.8) is 0 Å². The summed E-state index contributed by atoms with van der Waals surface area (Å²) in [5, 5.41) is 3.18. The minimum Gasteiger partial charge on any atom is -0.374 e. The Kier molecular flexibility index (Phi) is 4.98. The molecule has 0 amide bonds. The van der Waals surface area contributed by atoms with Gasteiger partial charge in [0.15, 0.2) is 0 Å². The van der Waals surface area contributed by atoms with Gasteiger partial charge < -0.3 is 10.1 Å². The van der Waals surface area contributed by atoms with E-state index in [0.29, 0.717) is 19.6 Å². The van der Waals surface area contributed by atoms with E-state index in [-0.39, 0.29) is 11.9 Å². The Morgan fingerprint density at radius 2 is 2.27 bits per heavy atom. The monoisotopic (exact) mass is 236 g/mol. The molecule has 90 valence electrons. The average molecular weight is 236 g/mol. The summed E-state index contributed by atoms with van der Waals surface area (Å²) < 4.78 is 30.2. The molecular weight excluding hydrogens is 216 g/mol. The van der Waals surface area contributed by atoms with Crippen LogP contribution in [0.2, 0.25) is 0 Å². The normalized spacial score (nSPS) is 23.3. The zero-order valence-electron chi connectivity index (χ0n) is 9.40. The van der Waals surface area contributed by atoms with E-state index in [1.165, 1.54) is 4.31 Å². The number of nitrogens with zero attached hydrogens (tertiary/aromatic N) is 1. The second kappa shape index (κ2) is 5.79. The molecule has 0 radical (unpaired) electrons. The number of sulfonamides is 1. The lowest BCUT2D eigenvalue weighted by atomic mass is 10.3. The molecule has 0 aliphatic carbocycles. The summed E-state index contributed by atoms with van der Waals surface area (Å²) in [6.07, 6.45) is 0.631. The Labute approximate surface area is 91.8 Å². The summed E-state index contributed by atoms with van der Waals surface area (Å²) in [5.74, 6) is 0.212. The number of likely N-dealkylation sites (N-methyl/N-ethyl adjacent to an activating group) is 1. The van der Waals surface area contributed by atoms with E-state index in [0.717, 1.165) is 13.1 Å². The molecule has 0 bridgehead atoms. The number of ether oxygens (including phenoxy) is 1. The third-order valence-electron chi connectivity index (χ3n) is 2.40. The van der Waals surface area contributed by atoms with Crippen molar-refractivity contribution in [2.75, 3.05) is 39.0 Å². The van der Waals surface area contributed by atoms with Gasteiger partial charge in [0.1, 0.15) is 0 Å². The van der Waals surface area contributed by atoms with Gasteiger partial charge >= 0.3 is 0 Å². The number of nitrogens with one attached hydrogen (secondary N) is 1. The first kappa shape index (κ1) is 12.9. The van der Waals surface area contributed by atoms with Gasteiger partial charge in [0.05, 0.1) is 18.5 Å². The van der Waals surface area contributed by atoms with Gasteiger partial charge in [-0.25, -0.2) is 12.7 Å². The van der Waals surface area contributed by atoms with Crippen LogP contribution in [0.3, 0.4) is 0 Å². The zero-order chi connectivity index (χ0) is 11.3. The molecular formula is C9H20N2O3S. The van der Waals surface area contributed by atoms with E-state index >= 15 is 0 Å². The van der Waals surface area contributed by atoms with Gasteiger partial charge in [0.2, 0.25) is 10.0 Å². The molecule has 1 aliphatic rings. The second-order valence-corrected chi connectivity index (χ2v) is 5.99. The molecule has 1 unspecified atom stereocenters. The maximum atomic E-state index is 11.7. The average Bonchev–Trinajstić information content (AvgIpc) is 2.19. The molecule has 1 atom stereocenters. The first-order chi connectivity index (χ1) is 7.06. The summed E-state index contributed by atoms with van der Waals surface area (Å²) in [4.78, 5) is 0. The van der Waals surface area contributed by atoms with Crippen molar-refractivity contribution in [2.45, 2.75) is 19.4 Å². The largest absolute Gasteiger partial charge is 0.374 e. The lowest BCUT2D eigenvalue weighted by molar-refractivity contribution is 0.0206. The SMILES string of the molecule is CCCS(=O)(=O)N(C)CC1CNCCO1. The maximum Gasteiger partial charge on any atom is 0.213 e. The molecule has 1 heterocycles. The second-order valence-electron chi connectivity index (χ2n) is 3.79. The summed E-state index contributed by atoms with van der Waals surface area (Å²) in [5.41, 5.74) is 0. The van der Waals surface area contributed by atoms with E-state index in [1.807, 2.05) is 6.92 Å². The fourth-order valence-corrected chi connectivity index (χ4v) is 2.77. The molecule has 1 saturated heterocycles. The molecule has 0 aromatic heterocycles. The molecule has 15 heavy (non-hydrogen) atoms. The van der Waals surface area contributed by atoms with Crippen LogP contribution in [-0.4, -0.2) is 57.9 Å². The zero-order valence-corrected chi connectivity index (χ0v) is 10.2. The first-order valence-electron chi connectivity index (χ1n) is 5.32. The molecule has 1 rings (SSSR count). The smallest absolute Gasteiger partial charge is 0.213 e. The van der Waals surface area contributed by atoms with E-state index < -0.39 is 10.0 Å². The molecule has 0 spiro atoms. The van der Waals surface area contributed by atoms with Crippen molar-refractivity contribution in [3.8, 4) is 0 Å². The Morgan fingerprint density at radius 1 is 1.53 bits per heavy atom. The van der Waals surface area contributed by atoms with E-state index in [9.17, 15) is 8.42 Å². The highest BCUT2D eigenvalue weighted by molar-refractivity contribution is 7.89. The molecule has 1 N–H and O–H groups in total. The Bertz CT molecular complexity index is 273. The van der Waals surface area contributed by atoms with E-state index in [2.05, 4.69) is 5.32 Å². The number of rotatable bonds is 5. The minimum atomic E-state index is -3.08. The number of hydrogen-bond acceptors (Lipinski definition) is 4. The standard InChI is InChI=1S/C9H20N2O3S/c1-3-6-15(12,13)11(2)8-9-7-10-4-5-14-9/h9-10H,3-8H2,1-2H3. The van der Waals surface area contributed by atoms with Crippen molar-refractivity contribution in [1.29, 1.82) is 0 Å². The highest BCUT2D eigenvalue weighted by Gasteiger charge is 2.22. The van der Waals surface area contributed by atoms with Crippen LogP contribution in [-0.2, 0) is 14.8 Å². The Morgan fingerprint density at radius 3 is 2.80 bits per heavy atom. The summed E-state index contributed by atoms with van der Waals surface area (Å²) in [6, 6.07) is 0. The Hall–Kier alpha value is -0.170. The van der Waals surface area contributed by atoms with E-state index in [1.54, 1.807) is 7.05 Å². The highest BCUT2D eigenvalue weighted by Crippen LogP contribution is 2.05. The van der Waals surface area contributed by atoms with Crippen LogP contribution in [0.15, 0.2) is 0 Å². The Balaban J connectivity index is 2.43. The summed E-state index contributed by atoms with van der Waals surface area (Å²) >= 11 is 0. The molecule has 0 aromatic rings. The van der Waals surface area contributed by atoms with Crippen LogP contribution in [0.4, 0.5) is 0 Å². The molecule has 5 nitrogen and oxygen atoms in total. The predicted octanol–water partition coefficient (Wildman–Crippen LogP) is -0.354. The van der Waals surface area contributed by atoms with Crippen LogP contribution in [0.1, 0.15) is 13.3 Å². The maximum absolute atomic E-state index is 11.7. The van der Waals surface area contributed by atoms with E-state index in [4.69, 9.17) is 4.74 Å². The highest BCUT2D eigenvalue weighted by atomic mass is 32.2. The summed E-state index contributed by atoms with van der Waals surface area (Å²) in [6.45, 7) is 4.54. The number of morpholine rings is 1. The molecule has 1 aliphatic heterocycles. The van der Waals surface area contributed by atoms with Crippen molar-refractivity contribution in [2.24, 2.45) is 0 Å². The van der Waals surface area contributed by atoms with Crippen LogP contribution in [0.5, 0.6) is 0 Å². The third kappa shape index (κ3) is 4.06. The van der Waals surface area contributed by atoms with Gasteiger partial charge in [-0.3, -0.25) is 0 Å². The molecule has 6 heteroatoms. The quantitative estimate of drug-likeness (QED) is 0.708. The van der Waals surface area contributed by atoms with Crippen LogP contribution >= 0.6 is 0 Å². The van der Waals surface area contributed by atoms with Crippen molar-refractivity contribution >= 4 is 10.0 Å². The number of hydrogen-bond donors (Lipinski definition) is 1. The third-order valence-corrected chi connectivity index (χ3v) is 4.43. The van der Waals surface area contributed by atoms with Crippen molar-refractivity contribution in [1.82, 2.24) is 9.62 Å². The lowest BCUT2D eigenvalue weighted by Crippen LogP contribution is -2.46. The van der Waals surface area contributed by atoms with Crippen LogP contribution in [0.25, 0.3) is 0 Å². The van der Waals surface area contributed by atoms with Crippen molar-refractivity contribution in [3.05, 3.63) is 0 Å². The van der Waals surface area contributed by atoms with Crippen molar-refractivity contribution < 1.29 is 13.2 Å². The van der Waals surface area contributed by atoms with Crippen LogP contribution in [0, 0.1) is 0 Å². The van der Waals surface area contributed by atoms with Gasteiger partial charge in [-0.2, -0.15) is 0 Å². The summed E-state index contributed by atoms with van der Waals surface area (Å²) in [7, 11) is -1.47. The molecule has 0 saturated carbocycles. The van der Waals surface area contributed by atoms with Gasteiger partial charge in [0.25, 0.3) is 0 Å². The molecule has 1 fully saturated rings. The topological polar surface area (TPSA) is 58.6 Å². The fourth-order valence-electron chi connectivity index (χ4n) is 1.55. The van der Waals surface area contributed by atoms with Gasteiger partial charge in [0, 0.05) is 26.7 Å². The van der Waals surface area contributed by atoms with Gasteiger partial charge in [-0.05, 0) is 6.42 Å². The minimum absolute atomic E-state index is 0.0182. The predicted molar refractivity (Wildman–Crippen MR) is 59.3 cm³/mol. The van der Waals surface area contributed by atoms with Gasteiger partial charge in [-0.1, -0.05) is 6.92 Å². The lowest BCUT2D eigenvalue weighted by Gasteiger charge is -2.27. The van der Waals surface area contributed by atoms with Gasteiger partial charge in [-0.15, -0.1) is 0 Å². The first-order valence-corrected chi connectivity index (χ1v) is 6.93. The van der Waals surface area contributed by atoms with Crippen LogP contribution < -0.4 is 5.32 Å². The molecule has 0 aromatic carbocycles.